The Bertz CT molecular complexity index is 429. The van der Waals surface area contributed by atoms with Gasteiger partial charge in [-0.3, -0.25) is 4.79 Å². The molecule has 0 amide bonds. The molecule has 1 heterocycles. The number of carbonyl (C=O) groups is 1. The zero-order valence-corrected chi connectivity index (χ0v) is 8.71. The summed E-state index contributed by atoms with van der Waals surface area (Å²) in [6, 6.07) is 0.920. The van der Waals surface area contributed by atoms with Gasteiger partial charge in [0.15, 0.2) is 0 Å². The van der Waals surface area contributed by atoms with Gasteiger partial charge in [-0.1, -0.05) is 0 Å². The number of halogens is 3. The first-order valence-electron chi connectivity index (χ1n) is 3.37. The second-order valence-electron chi connectivity index (χ2n) is 2.38. The zero-order chi connectivity index (χ0) is 10.9. The topological polar surface area (TPSA) is 70.2 Å². The predicted molar refractivity (Wildman–Crippen MR) is 51.7 cm³/mol. The van der Waals surface area contributed by atoms with E-state index >= 15 is 0 Å². The number of hydrogen-bond acceptors (Lipinski definition) is 2. The summed E-state index contributed by atoms with van der Waals surface area (Å²) in [7, 11) is 0. The number of carboxylic acid groups (broad SMARTS) is 1. The molecule has 0 atom stereocenters. The molecule has 1 aromatic rings. The summed E-state index contributed by atoms with van der Waals surface area (Å²) in [4.78, 5) is 23.3. The normalized spacial score (nSPS) is 10.6. The van der Waals surface area contributed by atoms with Crippen molar-refractivity contribution in [1.29, 1.82) is 0 Å². The first kappa shape index (κ1) is 11.1. The van der Waals surface area contributed by atoms with Gasteiger partial charge in [0.1, 0.15) is 0 Å². The van der Waals surface area contributed by atoms with Crippen molar-refractivity contribution in [2.75, 3.05) is 0 Å². The van der Waals surface area contributed by atoms with Gasteiger partial charge >= 0.3 is 5.97 Å². The molecular formula is C7H4F2INO3. The number of nitrogens with one attached hydrogen (secondary N) is 1. The Kier molecular flexibility index (Phi) is 3.19. The average molecular weight is 315 g/mol. The van der Waals surface area contributed by atoms with Crippen LogP contribution in [-0.2, 0) is 0 Å². The van der Waals surface area contributed by atoms with Gasteiger partial charge in [0, 0.05) is 0 Å². The summed E-state index contributed by atoms with van der Waals surface area (Å²) < 4.78 is 24.6. The molecule has 0 bridgehead atoms. The number of H-pyrrole nitrogens is 1. The molecule has 0 saturated heterocycles. The maximum atomic E-state index is 12.3. The monoisotopic (exact) mass is 315 g/mol. The number of aromatic amines is 1. The van der Waals surface area contributed by atoms with E-state index in [4.69, 9.17) is 5.11 Å². The highest BCUT2D eigenvalue weighted by Gasteiger charge is 2.20. The van der Waals surface area contributed by atoms with Crippen molar-refractivity contribution in [2.24, 2.45) is 0 Å². The molecule has 2 N–H and O–H groups in total. The molecule has 76 valence electrons. The highest BCUT2D eigenvalue weighted by atomic mass is 127. The van der Waals surface area contributed by atoms with E-state index in [1.165, 1.54) is 0 Å². The number of aromatic carboxylic acids is 1. The zero-order valence-electron chi connectivity index (χ0n) is 6.55. The van der Waals surface area contributed by atoms with Crippen LogP contribution in [0.2, 0.25) is 0 Å². The van der Waals surface area contributed by atoms with E-state index in [1.807, 2.05) is 4.98 Å². The van der Waals surface area contributed by atoms with Crippen LogP contribution in [-0.4, -0.2) is 16.1 Å². The van der Waals surface area contributed by atoms with Gasteiger partial charge in [-0.15, -0.1) is 0 Å². The lowest BCUT2D eigenvalue weighted by Gasteiger charge is -2.04. The van der Waals surface area contributed by atoms with Crippen molar-refractivity contribution < 1.29 is 18.7 Å². The maximum absolute atomic E-state index is 12.3. The Balaban J connectivity index is 3.47. The summed E-state index contributed by atoms with van der Waals surface area (Å²) >= 11 is 1.57. The Morgan fingerprint density at radius 1 is 1.57 bits per heavy atom. The molecule has 0 aliphatic carbocycles. The van der Waals surface area contributed by atoms with E-state index in [9.17, 15) is 18.4 Å². The number of carboxylic acids is 1. The molecule has 0 aliphatic heterocycles. The van der Waals surface area contributed by atoms with Crippen LogP contribution >= 0.6 is 22.6 Å². The third-order valence-electron chi connectivity index (χ3n) is 1.47. The molecular weight excluding hydrogens is 311 g/mol. The molecule has 4 nitrogen and oxygen atoms in total. The summed E-state index contributed by atoms with van der Waals surface area (Å²) in [5.74, 6) is -1.49. The van der Waals surface area contributed by atoms with Crippen LogP contribution in [0.15, 0.2) is 10.9 Å². The third-order valence-corrected chi connectivity index (χ3v) is 2.28. The lowest BCUT2D eigenvalue weighted by atomic mass is 10.2. The van der Waals surface area contributed by atoms with Gasteiger partial charge in [0.25, 0.3) is 12.0 Å². The van der Waals surface area contributed by atoms with E-state index in [-0.39, 0.29) is 3.57 Å². The molecule has 0 spiro atoms. The van der Waals surface area contributed by atoms with Crippen molar-refractivity contribution in [2.45, 2.75) is 6.43 Å². The van der Waals surface area contributed by atoms with Crippen LogP contribution in [0.4, 0.5) is 8.78 Å². The smallest absolute Gasteiger partial charge is 0.337 e. The van der Waals surface area contributed by atoms with Gasteiger partial charge in [-0.2, -0.15) is 0 Å². The molecule has 14 heavy (non-hydrogen) atoms. The molecule has 0 saturated carbocycles. The molecule has 0 unspecified atom stereocenters. The fraction of sp³-hybridized carbons (Fsp3) is 0.143. The molecule has 0 aromatic carbocycles. The molecule has 1 aromatic heterocycles. The van der Waals surface area contributed by atoms with Crippen molar-refractivity contribution >= 4 is 28.6 Å². The van der Waals surface area contributed by atoms with Crippen LogP contribution in [0.5, 0.6) is 0 Å². The van der Waals surface area contributed by atoms with Crippen LogP contribution in [0.3, 0.4) is 0 Å². The number of pyridine rings is 1. The van der Waals surface area contributed by atoms with E-state index in [0.717, 1.165) is 6.07 Å². The van der Waals surface area contributed by atoms with Crippen LogP contribution in [0, 0.1) is 3.57 Å². The quantitative estimate of drug-likeness (QED) is 0.815. The number of aromatic nitrogens is 1. The van der Waals surface area contributed by atoms with Gasteiger partial charge in [0.05, 0.1) is 14.8 Å². The number of alkyl halides is 2. The Hall–Kier alpha value is -0.990. The third kappa shape index (κ3) is 2.08. The highest BCUT2D eigenvalue weighted by molar-refractivity contribution is 14.1. The minimum atomic E-state index is -3.01. The fourth-order valence-electron chi connectivity index (χ4n) is 0.868. The maximum Gasteiger partial charge on any atom is 0.337 e. The van der Waals surface area contributed by atoms with Crippen LogP contribution in [0.1, 0.15) is 22.5 Å². The van der Waals surface area contributed by atoms with Crippen molar-refractivity contribution in [1.82, 2.24) is 4.98 Å². The van der Waals surface area contributed by atoms with Gasteiger partial charge in [-0.25, -0.2) is 13.6 Å². The van der Waals surface area contributed by atoms with Crippen molar-refractivity contribution in [3.05, 3.63) is 31.2 Å². The highest BCUT2D eigenvalue weighted by Crippen LogP contribution is 2.20. The van der Waals surface area contributed by atoms with Crippen LogP contribution in [0.25, 0.3) is 0 Å². The van der Waals surface area contributed by atoms with E-state index in [2.05, 4.69) is 0 Å². The second kappa shape index (κ2) is 4.03. The van der Waals surface area contributed by atoms with Crippen molar-refractivity contribution in [3.63, 3.8) is 0 Å². The molecule has 1 rings (SSSR count). The van der Waals surface area contributed by atoms with E-state index in [1.54, 1.807) is 22.6 Å². The molecule has 7 heteroatoms. The molecule has 0 aliphatic rings. The van der Waals surface area contributed by atoms with Crippen LogP contribution < -0.4 is 5.56 Å². The summed E-state index contributed by atoms with van der Waals surface area (Å²) in [5.41, 5.74) is -2.15. The lowest BCUT2D eigenvalue weighted by molar-refractivity contribution is 0.0682. The van der Waals surface area contributed by atoms with Gasteiger partial charge < -0.3 is 10.1 Å². The standard InChI is InChI=1S/C7H4F2INO3/c8-5(9)4-2(7(13)14)1-3(10)6(12)11-4/h1,5H,(H,11,12)(H,13,14). The average Bonchev–Trinajstić information content (AvgIpc) is 2.08. The minimum Gasteiger partial charge on any atom is -0.478 e. The number of rotatable bonds is 2. The predicted octanol–water partition coefficient (Wildman–Crippen LogP) is 1.62. The first-order chi connectivity index (χ1) is 6.43. The summed E-state index contributed by atoms with van der Waals surface area (Å²) in [5, 5.41) is 8.57. The Labute approximate surface area is 90.1 Å². The lowest BCUT2D eigenvalue weighted by Crippen LogP contribution is -2.17. The summed E-state index contributed by atoms with van der Waals surface area (Å²) in [6.07, 6.45) is -3.01. The number of hydrogen-bond donors (Lipinski definition) is 2. The minimum absolute atomic E-state index is 0.0596. The fourth-order valence-corrected chi connectivity index (χ4v) is 1.31. The van der Waals surface area contributed by atoms with Crippen molar-refractivity contribution in [3.8, 4) is 0 Å². The van der Waals surface area contributed by atoms with E-state index < -0.39 is 29.2 Å². The van der Waals surface area contributed by atoms with Gasteiger partial charge in [-0.05, 0) is 28.7 Å². The first-order valence-corrected chi connectivity index (χ1v) is 4.45. The molecule has 0 radical (unpaired) electrons. The largest absolute Gasteiger partial charge is 0.478 e. The van der Waals surface area contributed by atoms with Gasteiger partial charge in [0.2, 0.25) is 0 Å². The Morgan fingerprint density at radius 2 is 2.14 bits per heavy atom. The SMILES string of the molecule is O=C(O)c1cc(I)c(=O)[nH]c1C(F)F. The summed E-state index contributed by atoms with van der Waals surface area (Å²) in [6.45, 7) is 0. The molecule has 0 fully saturated rings. The van der Waals surface area contributed by atoms with E-state index in [0.29, 0.717) is 0 Å². The Morgan fingerprint density at radius 3 is 2.57 bits per heavy atom. The second-order valence-corrected chi connectivity index (χ2v) is 3.54.